The molecular formula is C8H11BrN2OS. The zero-order chi connectivity index (χ0) is 10.1. The molecule has 72 valence electrons. The summed E-state index contributed by atoms with van der Waals surface area (Å²) in [7, 11) is 0. The highest BCUT2D eigenvalue weighted by Crippen LogP contribution is 2.25. The molecule has 0 saturated carbocycles. The molecule has 1 amide bonds. The van der Waals surface area contributed by atoms with Gasteiger partial charge in [-0.1, -0.05) is 0 Å². The Balaban J connectivity index is 2.86. The van der Waals surface area contributed by atoms with Crippen LogP contribution in [0.2, 0.25) is 0 Å². The molecule has 0 aliphatic carbocycles. The van der Waals surface area contributed by atoms with E-state index in [2.05, 4.69) is 26.2 Å². The predicted octanol–water partition coefficient (Wildman–Crippen LogP) is 2.28. The molecule has 0 aromatic carbocycles. The van der Waals surface area contributed by atoms with Crippen molar-refractivity contribution in [3.05, 3.63) is 15.0 Å². The summed E-state index contributed by atoms with van der Waals surface area (Å²) in [5.74, 6) is -0.0451. The molecule has 0 saturated heterocycles. The minimum atomic E-state index is -0.386. The molecular weight excluding hydrogens is 252 g/mol. The number of carbonyl (C=O) groups excluding carboxylic acids is 1. The monoisotopic (exact) mass is 262 g/mol. The van der Waals surface area contributed by atoms with Gasteiger partial charge in [0.15, 0.2) is 0 Å². The molecule has 0 spiro atoms. The molecule has 1 rings (SSSR count). The van der Waals surface area contributed by atoms with Crippen molar-refractivity contribution in [3.63, 3.8) is 0 Å². The fourth-order valence-corrected chi connectivity index (χ4v) is 2.37. The number of hydrogen-bond donors (Lipinski definition) is 1. The Bertz CT molecular complexity index is 322. The van der Waals surface area contributed by atoms with E-state index in [0.29, 0.717) is 0 Å². The molecule has 0 radical (unpaired) electrons. The zero-order valence-electron chi connectivity index (χ0n) is 7.72. The van der Waals surface area contributed by atoms with Gasteiger partial charge in [-0.05, 0) is 29.8 Å². The summed E-state index contributed by atoms with van der Waals surface area (Å²) in [6, 6.07) is 0. The lowest BCUT2D eigenvalue weighted by molar-refractivity contribution is -0.120. The number of nitrogens with zero attached hydrogens (tertiary/aromatic N) is 1. The predicted molar refractivity (Wildman–Crippen MR) is 56.7 cm³/mol. The lowest BCUT2D eigenvalue weighted by atomic mass is 10.1. The average Bonchev–Trinajstić information content (AvgIpc) is 2.32. The van der Waals surface area contributed by atoms with Crippen molar-refractivity contribution < 1.29 is 4.79 Å². The molecule has 1 aromatic heterocycles. The molecule has 0 aliphatic rings. The molecule has 1 heterocycles. The van der Waals surface area contributed by atoms with Gasteiger partial charge in [-0.2, -0.15) is 0 Å². The van der Waals surface area contributed by atoms with Gasteiger partial charge in [-0.15, -0.1) is 11.3 Å². The van der Waals surface area contributed by atoms with Gasteiger partial charge >= 0.3 is 0 Å². The van der Waals surface area contributed by atoms with E-state index in [4.69, 9.17) is 0 Å². The van der Waals surface area contributed by atoms with Crippen LogP contribution in [-0.4, -0.2) is 10.9 Å². The van der Waals surface area contributed by atoms with Crippen molar-refractivity contribution in [3.8, 4) is 0 Å². The van der Waals surface area contributed by atoms with Gasteiger partial charge in [0.2, 0.25) is 5.91 Å². The average molecular weight is 263 g/mol. The second-order valence-corrected chi connectivity index (χ2v) is 4.95. The van der Waals surface area contributed by atoms with Gasteiger partial charge in [0.1, 0.15) is 9.61 Å². The lowest BCUT2D eigenvalue weighted by Crippen LogP contribution is -2.39. The van der Waals surface area contributed by atoms with Crippen molar-refractivity contribution in [2.75, 3.05) is 0 Å². The third kappa shape index (κ3) is 2.77. The van der Waals surface area contributed by atoms with E-state index in [-0.39, 0.29) is 11.4 Å². The first kappa shape index (κ1) is 10.7. The van der Waals surface area contributed by atoms with E-state index in [1.54, 1.807) is 0 Å². The molecule has 0 fully saturated rings. The Hall–Kier alpha value is -0.420. The number of carbonyl (C=O) groups is 1. The lowest BCUT2D eigenvalue weighted by Gasteiger charge is -2.22. The SMILES string of the molecule is CC(=O)NC(C)(C)c1nc(Br)cs1. The van der Waals surface area contributed by atoms with Crippen LogP contribution >= 0.6 is 27.3 Å². The van der Waals surface area contributed by atoms with Crippen LogP contribution in [0, 0.1) is 0 Å². The third-order valence-corrected chi connectivity index (χ3v) is 3.37. The van der Waals surface area contributed by atoms with E-state index in [1.165, 1.54) is 18.3 Å². The van der Waals surface area contributed by atoms with E-state index < -0.39 is 0 Å². The van der Waals surface area contributed by atoms with Crippen molar-refractivity contribution in [1.82, 2.24) is 10.3 Å². The molecule has 1 N–H and O–H groups in total. The number of aromatic nitrogens is 1. The van der Waals surface area contributed by atoms with E-state index in [0.717, 1.165) is 9.61 Å². The minimum Gasteiger partial charge on any atom is -0.345 e. The van der Waals surface area contributed by atoms with Gasteiger partial charge in [-0.25, -0.2) is 4.98 Å². The molecule has 0 bridgehead atoms. The van der Waals surface area contributed by atoms with Crippen LogP contribution in [0.5, 0.6) is 0 Å². The second-order valence-electron chi connectivity index (χ2n) is 3.28. The smallest absolute Gasteiger partial charge is 0.217 e. The van der Waals surface area contributed by atoms with Crippen molar-refractivity contribution >= 4 is 33.2 Å². The largest absolute Gasteiger partial charge is 0.345 e. The maximum absolute atomic E-state index is 10.9. The van der Waals surface area contributed by atoms with Crippen LogP contribution in [0.15, 0.2) is 9.98 Å². The number of rotatable bonds is 2. The van der Waals surface area contributed by atoms with Crippen LogP contribution in [-0.2, 0) is 10.3 Å². The topological polar surface area (TPSA) is 42.0 Å². The van der Waals surface area contributed by atoms with Gasteiger partial charge in [0, 0.05) is 12.3 Å². The van der Waals surface area contributed by atoms with Gasteiger partial charge in [0.05, 0.1) is 5.54 Å². The summed E-state index contributed by atoms with van der Waals surface area (Å²) in [6.07, 6.45) is 0. The Kier molecular flexibility index (Phi) is 3.08. The summed E-state index contributed by atoms with van der Waals surface area (Å²) in [5.41, 5.74) is -0.386. The first-order valence-electron chi connectivity index (χ1n) is 3.82. The molecule has 5 heteroatoms. The minimum absolute atomic E-state index is 0.0451. The Morgan fingerprint density at radius 2 is 2.31 bits per heavy atom. The Morgan fingerprint density at radius 1 is 1.69 bits per heavy atom. The number of halogens is 1. The van der Waals surface area contributed by atoms with Gasteiger partial charge in [0.25, 0.3) is 0 Å². The maximum Gasteiger partial charge on any atom is 0.217 e. The summed E-state index contributed by atoms with van der Waals surface area (Å²) >= 11 is 4.80. The number of nitrogens with one attached hydrogen (secondary N) is 1. The van der Waals surface area contributed by atoms with Gasteiger partial charge < -0.3 is 5.32 Å². The maximum atomic E-state index is 10.9. The zero-order valence-corrected chi connectivity index (χ0v) is 10.1. The van der Waals surface area contributed by atoms with Crippen molar-refractivity contribution in [2.24, 2.45) is 0 Å². The van der Waals surface area contributed by atoms with E-state index >= 15 is 0 Å². The molecule has 0 aliphatic heterocycles. The first-order valence-corrected chi connectivity index (χ1v) is 5.49. The number of hydrogen-bond acceptors (Lipinski definition) is 3. The summed E-state index contributed by atoms with van der Waals surface area (Å²) < 4.78 is 0.811. The van der Waals surface area contributed by atoms with Crippen LogP contribution in [0.4, 0.5) is 0 Å². The van der Waals surface area contributed by atoms with Crippen LogP contribution < -0.4 is 5.32 Å². The molecule has 0 atom stereocenters. The first-order chi connectivity index (χ1) is 5.92. The standard InChI is InChI=1S/C8H11BrN2OS/c1-5(12)11-8(2,3)7-10-6(9)4-13-7/h4H,1-3H3,(H,11,12). The summed E-state index contributed by atoms with van der Waals surface area (Å²) in [6.45, 7) is 5.36. The number of amides is 1. The van der Waals surface area contributed by atoms with Crippen LogP contribution in [0.25, 0.3) is 0 Å². The van der Waals surface area contributed by atoms with Crippen LogP contribution in [0.1, 0.15) is 25.8 Å². The Labute approximate surface area is 89.7 Å². The van der Waals surface area contributed by atoms with Crippen molar-refractivity contribution in [1.29, 1.82) is 0 Å². The third-order valence-electron chi connectivity index (χ3n) is 1.50. The van der Waals surface area contributed by atoms with Gasteiger partial charge in [-0.3, -0.25) is 4.79 Å². The highest BCUT2D eigenvalue weighted by atomic mass is 79.9. The quantitative estimate of drug-likeness (QED) is 0.889. The second kappa shape index (κ2) is 3.75. The highest BCUT2D eigenvalue weighted by molar-refractivity contribution is 9.10. The fraction of sp³-hybridized carbons (Fsp3) is 0.500. The Morgan fingerprint density at radius 3 is 2.69 bits per heavy atom. The summed E-state index contributed by atoms with van der Waals surface area (Å²) in [5, 5.41) is 5.64. The highest BCUT2D eigenvalue weighted by Gasteiger charge is 2.24. The molecule has 3 nitrogen and oxygen atoms in total. The molecule has 13 heavy (non-hydrogen) atoms. The van der Waals surface area contributed by atoms with E-state index in [9.17, 15) is 4.79 Å². The van der Waals surface area contributed by atoms with Crippen LogP contribution in [0.3, 0.4) is 0 Å². The van der Waals surface area contributed by atoms with E-state index in [1.807, 2.05) is 19.2 Å². The number of thiazole rings is 1. The normalized spacial score (nSPS) is 11.4. The molecule has 1 aromatic rings. The molecule has 0 unspecified atom stereocenters. The fourth-order valence-electron chi connectivity index (χ4n) is 1.03. The summed E-state index contributed by atoms with van der Waals surface area (Å²) in [4.78, 5) is 15.1. The van der Waals surface area contributed by atoms with Crippen molar-refractivity contribution in [2.45, 2.75) is 26.3 Å².